The molecule has 0 bridgehead atoms. The number of aryl methyl sites for hydroxylation is 1. The highest BCUT2D eigenvalue weighted by Gasteiger charge is 2.24. The Bertz CT molecular complexity index is 414. The van der Waals surface area contributed by atoms with Gasteiger partial charge in [0.25, 0.3) is 0 Å². The van der Waals surface area contributed by atoms with E-state index in [1.165, 1.54) is 22.9 Å². The Morgan fingerprint density at radius 3 is 2.88 bits per heavy atom. The van der Waals surface area contributed by atoms with E-state index in [1.54, 1.807) is 14.1 Å². The Balaban J connectivity index is 2.97. The van der Waals surface area contributed by atoms with Crippen LogP contribution in [-0.4, -0.2) is 41.1 Å². The number of carbonyl (C=O) groups is 1. The van der Waals surface area contributed by atoms with Gasteiger partial charge in [0, 0.05) is 14.1 Å². The minimum atomic E-state index is -0.594. The lowest BCUT2D eigenvalue weighted by molar-refractivity contribution is -0.388. The number of likely N-dealkylation sites (N-methyl/N-ethyl adjacent to an activating group) is 1. The van der Waals surface area contributed by atoms with Crippen molar-refractivity contribution >= 4 is 17.6 Å². The first-order valence-electron chi connectivity index (χ1n) is 4.41. The van der Waals surface area contributed by atoms with Crippen LogP contribution in [0.2, 0.25) is 0 Å². The molecule has 1 aromatic heterocycles. The van der Waals surface area contributed by atoms with Crippen molar-refractivity contribution < 1.29 is 14.5 Å². The number of nitro groups is 1. The average molecular weight is 228 g/mol. The highest BCUT2D eigenvalue weighted by molar-refractivity contribution is 5.76. The van der Waals surface area contributed by atoms with Crippen molar-refractivity contribution in [3.63, 3.8) is 0 Å². The largest absolute Gasteiger partial charge is 0.468 e. The molecule has 0 spiro atoms. The standard InChI is InChI=1S/C8H12N4O4/c1-10(4-6(13)16-3)8-7(12(14)15)9-5-11(8)2/h5H,4H2,1-3H3. The maximum atomic E-state index is 11.0. The van der Waals surface area contributed by atoms with Crippen LogP contribution in [0, 0.1) is 10.1 Å². The molecule has 8 nitrogen and oxygen atoms in total. The number of carbonyl (C=O) groups excluding carboxylic acids is 1. The quantitative estimate of drug-likeness (QED) is 0.407. The van der Waals surface area contributed by atoms with Crippen LogP contribution < -0.4 is 4.90 Å². The highest BCUT2D eigenvalue weighted by Crippen LogP contribution is 2.24. The number of methoxy groups -OCH3 is 1. The van der Waals surface area contributed by atoms with E-state index in [0.29, 0.717) is 0 Å². The van der Waals surface area contributed by atoms with Crippen LogP contribution in [0.5, 0.6) is 0 Å². The van der Waals surface area contributed by atoms with Crippen LogP contribution >= 0.6 is 0 Å². The Hall–Kier alpha value is -2.12. The van der Waals surface area contributed by atoms with Gasteiger partial charge in [0.15, 0.2) is 0 Å². The molecule has 0 atom stereocenters. The lowest BCUT2D eigenvalue weighted by Crippen LogP contribution is -2.28. The lowest BCUT2D eigenvalue weighted by Gasteiger charge is -2.16. The molecule has 88 valence electrons. The molecule has 0 unspecified atom stereocenters. The zero-order valence-corrected chi connectivity index (χ0v) is 9.21. The molecule has 1 aromatic rings. The van der Waals surface area contributed by atoms with Crippen LogP contribution in [0.25, 0.3) is 0 Å². The number of hydrogen-bond donors (Lipinski definition) is 0. The van der Waals surface area contributed by atoms with E-state index >= 15 is 0 Å². The van der Waals surface area contributed by atoms with Gasteiger partial charge in [-0.05, 0) is 9.91 Å². The summed E-state index contributed by atoms with van der Waals surface area (Å²) in [5.74, 6) is -0.498. The van der Waals surface area contributed by atoms with Crippen molar-refractivity contribution in [2.24, 2.45) is 7.05 Å². The normalized spacial score (nSPS) is 9.94. The number of nitrogens with zero attached hydrogens (tertiary/aromatic N) is 4. The summed E-state index contributed by atoms with van der Waals surface area (Å²) in [7, 11) is 4.43. The van der Waals surface area contributed by atoms with E-state index in [-0.39, 0.29) is 18.2 Å². The maximum absolute atomic E-state index is 11.0. The lowest BCUT2D eigenvalue weighted by atomic mass is 10.5. The number of hydrogen-bond acceptors (Lipinski definition) is 6. The molecule has 0 saturated heterocycles. The highest BCUT2D eigenvalue weighted by atomic mass is 16.6. The number of anilines is 1. The van der Waals surface area contributed by atoms with Crippen LogP contribution in [0.3, 0.4) is 0 Å². The fourth-order valence-electron chi connectivity index (χ4n) is 1.31. The molecule has 0 aliphatic heterocycles. The van der Waals surface area contributed by atoms with Gasteiger partial charge >= 0.3 is 11.8 Å². The van der Waals surface area contributed by atoms with Gasteiger partial charge in [-0.3, -0.25) is 9.36 Å². The first kappa shape index (κ1) is 12.0. The van der Waals surface area contributed by atoms with Crippen molar-refractivity contribution in [3.8, 4) is 0 Å². The molecule has 0 fully saturated rings. The van der Waals surface area contributed by atoms with Gasteiger partial charge in [0.1, 0.15) is 6.54 Å². The number of esters is 1. The third kappa shape index (κ3) is 2.27. The molecule has 0 N–H and O–H groups in total. The Morgan fingerprint density at radius 2 is 2.38 bits per heavy atom. The van der Waals surface area contributed by atoms with E-state index in [1.807, 2.05) is 0 Å². The summed E-state index contributed by atoms with van der Waals surface area (Å²) in [6, 6.07) is 0. The van der Waals surface area contributed by atoms with Gasteiger partial charge < -0.3 is 19.8 Å². The van der Waals surface area contributed by atoms with Gasteiger partial charge in [0.2, 0.25) is 12.1 Å². The van der Waals surface area contributed by atoms with Crippen molar-refractivity contribution in [2.45, 2.75) is 0 Å². The Morgan fingerprint density at radius 1 is 1.75 bits per heavy atom. The molecule has 0 aliphatic carbocycles. The molecular weight excluding hydrogens is 216 g/mol. The predicted molar refractivity (Wildman–Crippen MR) is 55.1 cm³/mol. The van der Waals surface area contributed by atoms with Crippen LogP contribution in [-0.2, 0) is 16.6 Å². The van der Waals surface area contributed by atoms with Crippen LogP contribution in [0.1, 0.15) is 0 Å². The summed E-state index contributed by atoms with van der Waals surface area (Å²) in [5.41, 5.74) is 0. The van der Waals surface area contributed by atoms with Gasteiger partial charge in [-0.15, -0.1) is 0 Å². The summed E-state index contributed by atoms with van der Waals surface area (Å²) in [6.45, 7) is -0.0725. The second-order valence-electron chi connectivity index (χ2n) is 3.19. The smallest absolute Gasteiger partial charge is 0.406 e. The molecule has 1 rings (SSSR count). The number of ether oxygens (including phenoxy) is 1. The molecule has 0 radical (unpaired) electrons. The van der Waals surface area contributed by atoms with E-state index in [2.05, 4.69) is 9.72 Å². The number of rotatable bonds is 4. The van der Waals surface area contributed by atoms with Gasteiger partial charge in [-0.25, -0.2) is 0 Å². The van der Waals surface area contributed by atoms with Crippen molar-refractivity contribution in [1.29, 1.82) is 0 Å². The SMILES string of the molecule is COC(=O)CN(C)c1c([N+](=O)[O-])ncn1C. The zero-order chi connectivity index (χ0) is 12.3. The molecule has 8 heteroatoms. The second kappa shape index (κ2) is 4.60. The molecule has 0 aromatic carbocycles. The minimum Gasteiger partial charge on any atom is -0.468 e. The van der Waals surface area contributed by atoms with Crippen molar-refractivity contribution in [3.05, 3.63) is 16.4 Å². The summed E-state index contributed by atoms with van der Waals surface area (Å²) >= 11 is 0. The summed E-state index contributed by atoms with van der Waals surface area (Å²) in [4.78, 5) is 26.2. The Labute approximate surface area is 91.6 Å². The first-order chi connectivity index (χ1) is 7.47. The van der Waals surface area contributed by atoms with E-state index in [4.69, 9.17) is 0 Å². The third-order valence-corrected chi connectivity index (χ3v) is 2.02. The monoisotopic (exact) mass is 228 g/mol. The van der Waals surface area contributed by atoms with Crippen LogP contribution in [0.4, 0.5) is 11.6 Å². The van der Waals surface area contributed by atoms with Crippen molar-refractivity contribution in [2.75, 3.05) is 25.6 Å². The van der Waals surface area contributed by atoms with Gasteiger partial charge in [-0.2, -0.15) is 0 Å². The van der Waals surface area contributed by atoms with Crippen LogP contribution in [0.15, 0.2) is 6.33 Å². The third-order valence-electron chi connectivity index (χ3n) is 2.02. The fraction of sp³-hybridized carbons (Fsp3) is 0.500. The topological polar surface area (TPSA) is 90.5 Å². The first-order valence-corrected chi connectivity index (χ1v) is 4.41. The number of imidazole rings is 1. The van der Waals surface area contributed by atoms with Gasteiger partial charge in [-0.1, -0.05) is 0 Å². The zero-order valence-electron chi connectivity index (χ0n) is 9.21. The van der Waals surface area contributed by atoms with Gasteiger partial charge in [0.05, 0.1) is 7.11 Å². The summed E-state index contributed by atoms with van der Waals surface area (Å²) in [5, 5.41) is 10.7. The van der Waals surface area contributed by atoms with E-state index in [9.17, 15) is 14.9 Å². The number of aromatic nitrogens is 2. The molecule has 1 heterocycles. The summed E-state index contributed by atoms with van der Waals surface area (Å²) < 4.78 is 5.95. The molecule has 16 heavy (non-hydrogen) atoms. The maximum Gasteiger partial charge on any atom is 0.406 e. The second-order valence-corrected chi connectivity index (χ2v) is 3.19. The van der Waals surface area contributed by atoms with Crippen molar-refractivity contribution in [1.82, 2.24) is 9.55 Å². The van der Waals surface area contributed by atoms with E-state index in [0.717, 1.165) is 0 Å². The molecule has 0 saturated carbocycles. The predicted octanol–water partition coefficient (Wildman–Crippen LogP) is -0.0625. The fourth-order valence-corrected chi connectivity index (χ4v) is 1.31. The minimum absolute atomic E-state index is 0.0725. The van der Waals surface area contributed by atoms with E-state index < -0.39 is 10.9 Å². The summed E-state index contributed by atoms with van der Waals surface area (Å²) in [6.07, 6.45) is 1.32. The average Bonchev–Trinajstić information content (AvgIpc) is 2.59. The molecular formula is C8H12N4O4. The Kier molecular flexibility index (Phi) is 3.44. The molecule has 0 aliphatic rings. The molecule has 0 amide bonds.